The first-order valence-electron chi connectivity index (χ1n) is 10.2. The number of benzene rings is 2. The fourth-order valence-corrected chi connectivity index (χ4v) is 6.04. The zero-order valence-electron chi connectivity index (χ0n) is 17.4. The van der Waals surface area contributed by atoms with Crippen molar-refractivity contribution in [1.82, 2.24) is 4.31 Å². The number of anilines is 2. The zero-order valence-corrected chi connectivity index (χ0v) is 19.0. The number of hydrogen-bond acceptors (Lipinski definition) is 4. The van der Waals surface area contributed by atoms with Gasteiger partial charge in [-0.1, -0.05) is 11.6 Å². The fourth-order valence-electron chi connectivity index (χ4n) is 4.25. The number of nitrogens with one attached hydrogen (secondary N) is 1. The third-order valence-corrected chi connectivity index (χ3v) is 7.96. The third kappa shape index (κ3) is 4.07. The van der Waals surface area contributed by atoms with Crippen molar-refractivity contribution in [3.63, 3.8) is 0 Å². The summed E-state index contributed by atoms with van der Waals surface area (Å²) in [6.07, 6.45) is 1.96. The van der Waals surface area contributed by atoms with Crippen LogP contribution in [0.1, 0.15) is 30.9 Å². The van der Waals surface area contributed by atoms with Gasteiger partial charge in [0.1, 0.15) is 6.04 Å². The van der Waals surface area contributed by atoms with Crippen LogP contribution < -0.4 is 10.2 Å². The van der Waals surface area contributed by atoms with Crippen molar-refractivity contribution in [2.75, 3.05) is 23.3 Å². The normalized spacial score (nSPS) is 18.8. The van der Waals surface area contributed by atoms with Gasteiger partial charge in [0.2, 0.25) is 21.8 Å². The Kier molecular flexibility index (Phi) is 5.81. The van der Waals surface area contributed by atoms with Gasteiger partial charge >= 0.3 is 0 Å². The summed E-state index contributed by atoms with van der Waals surface area (Å²) in [5.41, 5.74) is 2.67. The lowest BCUT2D eigenvalue weighted by atomic mass is 10.1. The highest BCUT2D eigenvalue weighted by molar-refractivity contribution is 7.89. The van der Waals surface area contributed by atoms with Crippen molar-refractivity contribution in [2.45, 2.75) is 44.0 Å². The minimum absolute atomic E-state index is 0.200. The first kappa shape index (κ1) is 21.8. The molecule has 4 rings (SSSR count). The number of sulfonamides is 1. The van der Waals surface area contributed by atoms with E-state index in [-0.39, 0.29) is 23.1 Å². The molecule has 2 aromatic rings. The highest BCUT2D eigenvalue weighted by atomic mass is 35.5. The number of amides is 2. The summed E-state index contributed by atoms with van der Waals surface area (Å²) in [5.74, 6) is -0.609. The number of hydrogen-bond donors (Lipinski definition) is 1. The van der Waals surface area contributed by atoms with Crippen molar-refractivity contribution < 1.29 is 18.0 Å². The van der Waals surface area contributed by atoms with Crippen LogP contribution in [0.2, 0.25) is 5.02 Å². The SMILES string of the molecule is CC(=O)N1c2ccc(S(=O)(=O)N3CCCC3)cc2C[C@H]1C(=O)Nc1ccc(Cl)cc1C. The van der Waals surface area contributed by atoms with Gasteiger partial charge in [0.25, 0.3) is 0 Å². The number of carbonyl (C=O) groups excluding carboxylic acids is 2. The lowest BCUT2D eigenvalue weighted by Crippen LogP contribution is -2.44. The van der Waals surface area contributed by atoms with Crippen LogP contribution in [0.3, 0.4) is 0 Å². The van der Waals surface area contributed by atoms with E-state index in [0.29, 0.717) is 35.1 Å². The van der Waals surface area contributed by atoms with Crippen LogP contribution in [0, 0.1) is 6.92 Å². The molecule has 0 aromatic heterocycles. The van der Waals surface area contributed by atoms with Gasteiger partial charge in [0, 0.05) is 42.8 Å². The second-order valence-electron chi connectivity index (χ2n) is 7.96. The van der Waals surface area contributed by atoms with Gasteiger partial charge in [-0.25, -0.2) is 8.42 Å². The molecule has 7 nitrogen and oxygen atoms in total. The predicted molar refractivity (Wildman–Crippen MR) is 120 cm³/mol. The number of rotatable bonds is 4. The minimum atomic E-state index is -3.58. The molecular formula is C22H24ClN3O4S. The summed E-state index contributed by atoms with van der Waals surface area (Å²) >= 11 is 5.99. The molecule has 1 atom stereocenters. The Labute approximate surface area is 187 Å². The third-order valence-electron chi connectivity index (χ3n) is 5.83. The molecule has 2 heterocycles. The fraction of sp³-hybridized carbons (Fsp3) is 0.364. The Hall–Kier alpha value is -2.42. The molecule has 0 aliphatic carbocycles. The summed E-state index contributed by atoms with van der Waals surface area (Å²) in [6, 6.07) is 9.14. The van der Waals surface area contributed by atoms with E-state index in [1.165, 1.54) is 22.2 Å². The average Bonchev–Trinajstić information content (AvgIpc) is 3.37. The molecular weight excluding hydrogens is 438 g/mol. The zero-order chi connectivity index (χ0) is 22.3. The molecule has 0 radical (unpaired) electrons. The van der Waals surface area contributed by atoms with Gasteiger partial charge in [-0.3, -0.25) is 14.5 Å². The maximum Gasteiger partial charge on any atom is 0.247 e. The van der Waals surface area contributed by atoms with Gasteiger partial charge < -0.3 is 5.32 Å². The Bertz CT molecular complexity index is 1160. The predicted octanol–water partition coefficient (Wildman–Crippen LogP) is 3.35. The van der Waals surface area contributed by atoms with E-state index in [2.05, 4.69) is 5.32 Å². The molecule has 1 N–H and O–H groups in total. The van der Waals surface area contributed by atoms with Gasteiger partial charge in [0.15, 0.2) is 0 Å². The lowest BCUT2D eigenvalue weighted by molar-refractivity contribution is -0.122. The molecule has 9 heteroatoms. The molecule has 31 heavy (non-hydrogen) atoms. The maximum absolute atomic E-state index is 13.1. The van der Waals surface area contributed by atoms with E-state index < -0.39 is 16.1 Å². The lowest BCUT2D eigenvalue weighted by Gasteiger charge is -2.24. The first-order chi connectivity index (χ1) is 14.7. The van der Waals surface area contributed by atoms with Crippen LogP contribution in [0.4, 0.5) is 11.4 Å². The van der Waals surface area contributed by atoms with E-state index in [1.54, 1.807) is 30.3 Å². The summed E-state index contributed by atoms with van der Waals surface area (Å²) < 4.78 is 27.3. The van der Waals surface area contributed by atoms with Crippen LogP contribution in [-0.2, 0) is 26.0 Å². The molecule has 164 valence electrons. The molecule has 0 spiro atoms. The van der Waals surface area contributed by atoms with E-state index in [1.807, 2.05) is 6.92 Å². The summed E-state index contributed by atoms with van der Waals surface area (Å²) in [7, 11) is -3.58. The van der Waals surface area contributed by atoms with E-state index >= 15 is 0 Å². The molecule has 1 saturated heterocycles. The molecule has 0 unspecified atom stereocenters. The van der Waals surface area contributed by atoms with Crippen LogP contribution in [0.5, 0.6) is 0 Å². The molecule has 2 aromatic carbocycles. The average molecular weight is 462 g/mol. The van der Waals surface area contributed by atoms with Crippen LogP contribution in [0.25, 0.3) is 0 Å². The largest absolute Gasteiger partial charge is 0.324 e. The van der Waals surface area contributed by atoms with Gasteiger partial charge in [-0.05, 0) is 67.3 Å². The van der Waals surface area contributed by atoms with Crippen LogP contribution in [-0.4, -0.2) is 43.7 Å². The first-order valence-corrected chi connectivity index (χ1v) is 12.0. The standard InChI is InChI=1S/C22H24ClN3O4S/c1-14-11-17(23)5-7-19(14)24-22(28)21-13-16-12-18(6-8-20(16)26(21)15(2)27)31(29,30)25-9-3-4-10-25/h5-8,11-12,21H,3-4,9-10,13H2,1-2H3,(H,24,28)/t21-/m0/s1. The quantitative estimate of drug-likeness (QED) is 0.756. The second-order valence-corrected chi connectivity index (χ2v) is 10.3. The summed E-state index contributed by atoms with van der Waals surface area (Å²) in [5, 5.41) is 3.44. The molecule has 0 saturated carbocycles. The van der Waals surface area contributed by atoms with E-state index in [9.17, 15) is 18.0 Å². The topological polar surface area (TPSA) is 86.8 Å². The van der Waals surface area contributed by atoms with Gasteiger partial charge in [-0.15, -0.1) is 0 Å². The Balaban J connectivity index is 1.62. The van der Waals surface area contributed by atoms with Crippen molar-refractivity contribution >= 4 is 44.8 Å². The number of halogens is 1. The molecule has 1 fully saturated rings. The van der Waals surface area contributed by atoms with Crippen molar-refractivity contribution in [3.8, 4) is 0 Å². The van der Waals surface area contributed by atoms with Crippen molar-refractivity contribution in [1.29, 1.82) is 0 Å². The summed E-state index contributed by atoms with van der Waals surface area (Å²) in [4.78, 5) is 27.1. The Morgan fingerprint density at radius 2 is 1.81 bits per heavy atom. The molecule has 2 aliphatic heterocycles. The van der Waals surface area contributed by atoms with Crippen molar-refractivity contribution in [2.24, 2.45) is 0 Å². The molecule has 2 aliphatic rings. The monoisotopic (exact) mass is 461 g/mol. The smallest absolute Gasteiger partial charge is 0.247 e. The van der Waals surface area contributed by atoms with E-state index in [4.69, 9.17) is 11.6 Å². The number of fused-ring (bicyclic) bond motifs is 1. The molecule has 0 bridgehead atoms. The number of nitrogens with zero attached hydrogens (tertiary/aromatic N) is 2. The Morgan fingerprint density at radius 3 is 2.45 bits per heavy atom. The number of carbonyl (C=O) groups is 2. The second kappa shape index (κ2) is 8.26. The summed E-state index contributed by atoms with van der Waals surface area (Å²) in [6.45, 7) is 4.27. The highest BCUT2D eigenvalue weighted by Gasteiger charge is 2.38. The van der Waals surface area contributed by atoms with Gasteiger partial charge in [0.05, 0.1) is 4.90 Å². The van der Waals surface area contributed by atoms with Crippen LogP contribution in [0.15, 0.2) is 41.3 Å². The van der Waals surface area contributed by atoms with Crippen LogP contribution >= 0.6 is 11.6 Å². The molecule has 2 amide bonds. The van der Waals surface area contributed by atoms with E-state index in [0.717, 1.165) is 18.4 Å². The Morgan fingerprint density at radius 1 is 1.10 bits per heavy atom. The maximum atomic E-state index is 13.1. The number of aryl methyl sites for hydroxylation is 1. The highest BCUT2D eigenvalue weighted by Crippen LogP contribution is 2.36. The van der Waals surface area contributed by atoms with Gasteiger partial charge in [-0.2, -0.15) is 4.31 Å². The van der Waals surface area contributed by atoms with Crippen molar-refractivity contribution in [3.05, 3.63) is 52.5 Å². The minimum Gasteiger partial charge on any atom is -0.324 e.